The van der Waals surface area contributed by atoms with Crippen LogP contribution in [0.5, 0.6) is 0 Å². The number of hydrogen-bond acceptors (Lipinski definition) is 1. The third-order valence-corrected chi connectivity index (χ3v) is 2.67. The quantitative estimate of drug-likeness (QED) is 0.821. The fourth-order valence-corrected chi connectivity index (χ4v) is 1.83. The molecule has 2 aromatic carbocycles. The molecule has 0 saturated carbocycles. The van der Waals surface area contributed by atoms with E-state index in [0.717, 1.165) is 11.1 Å². The smallest absolute Gasteiger partial charge is 0.337 e. The summed E-state index contributed by atoms with van der Waals surface area (Å²) in [6.07, 6.45) is 1.59. The highest BCUT2D eigenvalue weighted by Gasteiger charge is 2.11. The fourth-order valence-electron chi connectivity index (χ4n) is 1.83. The second-order valence-electron chi connectivity index (χ2n) is 3.92. The standard InChI is InChI=1S/C15H14N2O/c16-15(18)17-11-14(12-7-3-1-4-8-12)13-9-5-2-6-10-13/h1-11,14H,(H2,16,18). The zero-order chi connectivity index (χ0) is 12.8. The molecule has 3 nitrogen and oxygen atoms in total. The maximum Gasteiger partial charge on any atom is 0.337 e. The van der Waals surface area contributed by atoms with Gasteiger partial charge >= 0.3 is 6.03 Å². The molecule has 0 spiro atoms. The topological polar surface area (TPSA) is 55.5 Å². The second-order valence-corrected chi connectivity index (χ2v) is 3.92. The number of nitrogens with zero attached hydrogens (tertiary/aromatic N) is 1. The minimum absolute atomic E-state index is 0.0556. The van der Waals surface area contributed by atoms with Crippen molar-refractivity contribution in [2.75, 3.05) is 0 Å². The zero-order valence-corrected chi connectivity index (χ0v) is 9.86. The van der Waals surface area contributed by atoms with Gasteiger partial charge in [-0.3, -0.25) is 0 Å². The van der Waals surface area contributed by atoms with E-state index >= 15 is 0 Å². The monoisotopic (exact) mass is 238 g/mol. The van der Waals surface area contributed by atoms with Crippen molar-refractivity contribution in [3.63, 3.8) is 0 Å². The Labute approximate surface area is 106 Å². The van der Waals surface area contributed by atoms with Crippen LogP contribution in [0.3, 0.4) is 0 Å². The van der Waals surface area contributed by atoms with E-state index < -0.39 is 6.03 Å². The molecule has 0 aliphatic rings. The third kappa shape index (κ3) is 3.04. The number of nitrogens with two attached hydrogens (primary N) is 1. The first-order valence-corrected chi connectivity index (χ1v) is 5.71. The van der Waals surface area contributed by atoms with Gasteiger partial charge in [0.25, 0.3) is 0 Å². The molecule has 2 amide bonds. The Morgan fingerprint density at radius 3 is 1.78 bits per heavy atom. The van der Waals surface area contributed by atoms with Gasteiger partial charge in [-0.2, -0.15) is 0 Å². The van der Waals surface area contributed by atoms with Gasteiger partial charge in [0, 0.05) is 12.1 Å². The van der Waals surface area contributed by atoms with Gasteiger partial charge in [-0.25, -0.2) is 9.79 Å². The molecule has 0 heterocycles. The van der Waals surface area contributed by atoms with E-state index in [2.05, 4.69) is 4.99 Å². The fraction of sp³-hybridized carbons (Fsp3) is 0.0667. The number of benzene rings is 2. The van der Waals surface area contributed by atoms with Crippen molar-refractivity contribution in [3.8, 4) is 0 Å². The van der Waals surface area contributed by atoms with Crippen LogP contribution in [0.1, 0.15) is 17.0 Å². The highest BCUT2D eigenvalue weighted by Crippen LogP contribution is 2.22. The van der Waals surface area contributed by atoms with Gasteiger partial charge in [-0.1, -0.05) is 60.7 Å². The van der Waals surface area contributed by atoms with Crippen LogP contribution in [0.15, 0.2) is 65.7 Å². The van der Waals surface area contributed by atoms with Crippen molar-refractivity contribution >= 4 is 12.2 Å². The van der Waals surface area contributed by atoms with E-state index in [-0.39, 0.29) is 5.92 Å². The second kappa shape index (κ2) is 5.77. The molecule has 2 N–H and O–H groups in total. The summed E-state index contributed by atoms with van der Waals surface area (Å²) >= 11 is 0. The summed E-state index contributed by atoms with van der Waals surface area (Å²) in [7, 11) is 0. The number of carbonyl (C=O) groups is 1. The van der Waals surface area contributed by atoms with Crippen LogP contribution in [-0.4, -0.2) is 12.2 Å². The van der Waals surface area contributed by atoms with Crippen molar-refractivity contribution in [1.82, 2.24) is 0 Å². The normalized spacial score (nSPS) is 10.9. The first kappa shape index (κ1) is 12.0. The highest BCUT2D eigenvalue weighted by atomic mass is 16.2. The van der Waals surface area contributed by atoms with E-state index in [4.69, 9.17) is 5.73 Å². The molecule has 2 aromatic rings. The van der Waals surface area contributed by atoms with Gasteiger partial charge in [-0.15, -0.1) is 0 Å². The van der Waals surface area contributed by atoms with Crippen LogP contribution in [0.2, 0.25) is 0 Å². The first-order valence-electron chi connectivity index (χ1n) is 5.71. The van der Waals surface area contributed by atoms with E-state index in [1.54, 1.807) is 6.21 Å². The Morgan fingerprint density at radius 2 is 1.39 bits per heavy atom. The lowest BCUT2D eigenvalue weighted by molar-refractivity contribution is 0.257. The Bertz CT molecular complexity index is 495. The van der Waals surface area contributed by atoms with Crippen LogP contribution in [0.25, 0.3) is 0 Å². The summed E-state index contributed by atoms with van der Waals surface area (Å²) in [6, 6.07) is 19.1. The highest BCUT2D eigenvalue weighted by molar-refractivity contribution is 5.86. The van der Waals surface area contributed by atoms with E-state index in [1.807, 2.05) is 60.7 Å². The van der Waals surface area contributed by atoms with Crippen molar-refractivity contribution in [1.29, 1.82) is 0 Å². The molecule has 0 unspecified atom stereocenters. The van der Waals surface area contributed by atoms with Gasteiger partial charge in [0.15, 0.2) is 0 Å². The average molecular weight is 238 g/mol. The number of rotatable bonds is 3. The van der Waals surface area contributed by atoms with Crippen molar-refractivity contribution in [2.45, 2.75) is 5.92 Å². The molecule has 0 radical (unpaired) electrons. The lowest BCUT2D eigenvalue weighted by Crippen LogP contribution is -2.08. The Morgan fingerprint density at radius 1 is 0.944 bits per heavy atom. The molecule has 0 saturated heterocycles. The summed E-state index contributed by atoms with van der Waals surface area (Å²) in [5.41, 5.74) is 7.22. The van der Waals surface area contributed by atoms with Crippen molar-refractivity contribution in [2.24, 2.45) is 10.7 Å². The largest absolute Gasteiger partial charge is 0.350 e. The number of carbonyl (C=O) groups excluding carboxylic acids is 1. The molecule has 18 heavy (non-hydrogen) atoms. The molecular weight excluding hydrogens is 224 g/mol. The lowest BCUT2D eigenvalue weighted by Gasteiger charge is -2.12. The number of urea groups is 1. The van der Waals surface area contributed by atoms with Gasteiger partial charge in [0.05, 0.1) is 0 Å². The van der Waals surface area contributed by atoms with Crippen LogP contribution in [0, 0.1) is 0 Å². The maximum absolute atomic E-state index is 10.8. The Balaban J connectivity index is 2.38. The maximum atomic E-state index is 10.8. The summed E-state index contributed by atoms with van der Waals surface area (Å²) in [4.78, 5) is 14.5. The Hall–Kier alpha value is -2.42. The van der Waals surface area contributed by atoms with Gasteiger partial charge in [-0.05, 0) is 11.1 Å². The van der Waals surface area contributed by atoms with E-state index in [0.29, 0.717) is 0 Å². The van der Waals surface area contributed by atoms with Gasteiger partial charge < -0.3 is 5.73 Å². The predicted molar refractivity (Wildman–Crippen MR) is 72.8 cm³/mol. The first-order chi connectivity index (χ1) is 8.77. The van der Waals surface area contributed by atoms with Crippen molar-refractivity contribution in [3.05, 3.63) is 71.8 Å². The number of amides is 2. The van der Waals surface area contributed by atoms with Gasteiger partial charge in [0.1, 0.15) is 0 Å². The lowest BCUT2D eigenvalue weighted by atomic mass is 9.92. The van der Waals surface area contributed by atoms with Crippen LogP contribution in [0.4, 0.5) is 4.79 Å². The minimum atomic E-state index is -0.674. The molecule has 3 heteroatoms. The minimum Gasteiger partial charge on any atom is -0.350 e. The SMILES string of the molecule is NC(=O)N=CC(c1ccccc1)c1ccccc1. The van der Waals surface area contributed by atoms with Crippen molar-refractivity contribution < 1.29 is 4.79 Å². The summed E-state index contributed by atoms with van der Waals surface area (Å²) in [5.74, 6) is -0.0556. The Kier molecular flexibility index (Phi) is 3.86. The molecule has 90 valence electrons. The zero-order valence-electron chi connectivity index (χ0n) is 9.86. The molecule has 0 atom stereocenters. The summed E-state index contributed by atoms with van der Waals surface area (Å²) in [6.45, 7) is 0. The molecule has 0 fully saturated rings. The number of primary amides is 1. The van der Waals surface area contributed by atoms with E-state index in [9.17, 15) is 4.79 Å². The molecule has 0 bridgehead atoms. The van der Waals surface area contributed by atoms with Gasteiger partial charge in [0.2, 0.25) is 0 Å². The van der Waals surface area contributed by atoms with Crippen LogP contribution < -0.4 is 5.73 Å². The molecule has 0 aromatic heterocycles. The molecule has 0 aliphatic heterocycles. The third-order valence-electron chi connectivity index (χ3n) is 2.67. The molecule has 0 aliphatic carbocycles. The predicted octanol–water partition coefficient (Wildman–Crippen LogP) is 2.97. The summed E-state index contributed by atoms with van der Waals surface area (Å²) in [5, 5.41) is 0. The van der Waals surface area contributed by atoms with Crippen LogP contribution >= 0.6 is 0 Å². The number of aliphatic imine (C=N–C) groups is 1. The van der Waals surface area contributed by atoms with Crippen LogP contribution in [-0.2, 0) is 0 Å². The summed E-state index contributed by atoms with van der Waals surface area (Å²) < 4.78 is 0. The molecule has 2 rings (SSSR count). The average Bonchev–Trinajstić information content (AvgIpc) is 2.41. The number of hydrogen-bond donors (Lipinski definition) is 1. The molecular formula is C15H14N2O. The van der Waals surface area contributed by atoms with E-state index in [1.165, 1.54) is 0 Å².